The number of non-ortho nitro benzene ring substituents is 1. The van der Waals surface area contributed by atoms with Crippen LogP contribution in [-0.4, -0.2) is 44.4 Å². The molecule has 1 N–H and O–H groups in total. The van der Waals surface area contributed by atoms with Crippen LogP contribution in [0.25, 0.3) is 39.1 Å². The molecule has 0 spiro atoms. The van der Waals surface area contributed by atoms with E-state index in [-0.39, 0.29) is 17.3 Å². The van der Waals surface area contributed by atoms with Crippen LogP contribution in [0, 0.1) is 10.1 Å². The summed E-state index contributed by atoms with van der Waals surface area (Å²) in [6.07, 6.45) is 2.95. The minimum absolute atomic E-state index is 0.0186. The molecule has 0 saturated carbocycles. The summed E-state index contributed by atoms with van der Waals surface area (Å²) >= 11 is 1.29. The van der Waals surface area contributed by atoms with Gasteiger partial charge in [0.05, 0.1) is 35.1 Å². The number of aromatic nitrogens is 3. The number of ether oxygens (including phenoxy) is 1. The smallest absolute Gasteiger partial charge is 0.269 e. The molecule has 0 radical (unpaired) electrons. The van der Waals surface area contributed by atoms with Crippen molar-refractivity contribution in [1.82, 2.24) is 20.0 Å². The molecule has 2 heterocycles. The van der Waals surface area contributed by atoms with Gasteiger partial charge in [0.1, 0.15) is 22.7 Å². The highest BCUT2D eigenvalue weighted by molar-refractivity contribution is 8.00. The number of amides is 1. The Hall–Kier alpha value is -5.81. The number of fused-ring (bicyclic) bond motifs is 1. The third-order valence-corrected chi connectivity index (χ3v) is 7.99. The largest absolute Gasteiger partial charge is 0.497 e. The second-order valence-corrected chi connectivity index (χ2v) is 10.8. The number of hydrazone groups is 1. The Kier molecular flexibility index (Phi) is 8.60. The molecule has 6 rings (SSSR count). The summed E-state index contributed by atoms with van der Waals surface area (Å²) < 4.78 is 7.53. The van der Waals surface area contributed by atoms with E-state index in [1.165, 1.54) is 36.4 Å². The molecule has 0 bridgehead atoms. The second-order valence-electron chi connectivity index (χ2n) is 9.80. The highest BCUT2D eigenvalue weighted by atomic mass is 32.2. The van der Waals surface area contributed by atoms with Crippen LogP contribution in [0.15, 0.2) is 126 Å². The molecule has 6 aromatic rings. The monoisotopic (exact) mass is 614 g/mol. The van der Waals surface area contributed by atoms with Crippen molar-refractivity contribution >= 4 is 40.6 Å². The van der Waals surface area contributed by atoms with Crippen molar-refractivity contribution in [2.24, 2.45) is 5.10 Å². The number of carbonyl (C=O) groups excluding carboxylic acids is 1. The zero-order chi connectivity index (χ0) is 31.2. The molecule has 0 atom stereocenters. The van der Waals surface area contributed by atoms with Crippen LogP contribution in [0.3, 0.4) is 0 Å². The van der Waals surface area contributed by atoms with Gasteiger partial charge in [-0.25, -0.2) is 15.4 Å². The van der Waals surface area contributed by atoms with Crippen LogP contribution >= 0.6 is 11.8 Å². The maximum Gasteiger partial charge on any atom is 0.269 e. The van der Waals surface area contributed by atoms with E-state index >= 15 is 0 Å². The van der Waals surface area contributed by atoms with Gasteiger partial charge in [-0.2, -0.15) is 5.10 Å². The lowest BCUT2D eigenvalue weighted by Crippen LogP contribution is -2.19. The van der Waals surface area contributed by atoms with Gasteiger partial charge >= 0.3 is 0 Å². The van der Waals surface area contributed by atoms with Gasteiger partial charge in [-0.1, -0.05) is 72.4 Å². The summed E-state index contributed by atoms with van der Waals surface area (Å²) in [5, 5.41) is 16.4. The summed E-state index contributed by atoms with van der Waals surface area (Å²) in [7, 11) is 1.64. The number of carbonyl (C=O) groups is 1. The van der Waals surface area contributed by atoms with E-state index in [4.69, 9.17) is 9.72 Å². The number of nitrogens with one attached hydrogen (secondary N) is 1. The first-order valence-electron chi connectivity index (χ1n) is 13.9. The molecule has 11 heteroatoms. The highest BCUT2D eigenvalue weighted by Crippen LogP contribution is 2.44. The molecule has 45 heavy (non-hydrogen) atoms. The summed E-state index contributed by atoms with van der Waals surface area (Å²) in [6.45, 7) is 0. The zero-order valence-corrected chi connectivity index (χ0v) is 24.8. The minimum atomic E-state index is -0.471. The van der Waals surface area contributed by atoms with Gasteiger partial charge in [0.25, 0.3) is 5.69 Å². The Morgan fingerprint density at radius 1 is 0.933 bits per heavy atom. The van der Waals surface area contributed by atoms with Crippen LogP contribution in [0.1, 0.15) is 5.56 Å². The van der Waals surface area contributed by atoms with Gasteiger partial charge in [0, 0.05) is 23.4 Å². The van der Waals surface area contributed by atoms with Gasteiger partial charge in [-0.05, 0) is 53.1 Å². The van der Waals surface area contributed by atoms with Crippen molar-refractivity contribution in [1.29, 1.82) is 0 Å². The van der Waals surface area contributed by atoms with E-state index in [0.29, 0.717) is 16.2 Å². The molecular formula is C34H26N6O4S. The fourth-order valence-corrected chi connectivity index (χ4v) is 5.75. The number of methoxy groups -OCH3 is 1. The zero-order valence-electron chi connectivity index (χ0n) is 24.0. The quantitative estimate of drug-likeness (QED) is 0.0584. The number of nitro benzene ring substituents is 1. The molecule has 0 aliphatic rings. The molecule has 222 valence electrons. The van der Waals surface area contributed by atoms with E-state index in [1.807, 2.05) is 60.7 Å². The topological polar surface area (TPSA) is 125 Å². The predicted octanol–water partition coefficient (Wildman–Crippen LogP) is 6.91. The van der Waals surface area contributed by atoms with Crippen molar-refractivity contribution < 1.29 is 14.5 Å². The van der Waals surface area contributed by atoms with Gasteiger partial charge in [-0.3, -0.25) is 19.5 Å². The van der Waals surface area contributed by atoms with Crippen LogP contribution in [0.4, 0.5) is 5.69 Å². The van der Waals surface area contributed by atoms with Crippen LogP contribution in [0.2, 0.25) is 0 Å². The Morgan fingerprint density at radius 3 is 2.24 bits per heavy atom. The standard InChI is InChI=1S/C34H26N6O4S/c1-44-28-18-16-26(17-19-28)39-32(25-10-6-3-7-11-25)30(24-8-4-2-5-9-24)31-33(39)35-22-36-34(31)45-21-29(41)38-37-20-23-12-14-27(15-13-23)40(42)43/h2-20,22H,21H2,1H3,(H,38,41)/b37-20+. The molecule has 0 fully saturated rings. The van der Waals surface area contributed by atoms with Crippen LogP contribution in [-0.2, 0) is 4.79 Å². The predicted molar refractivity (Wildman–Crippen MR) is 176 cm³/mol. The fraction of sp³-hybridized carbons (Fsp3) is 0.0588. The third kappa shape index (κ3) is 6.29. The third-order valence-electron chi connectivity index (χ3n) is 7.00. The van der Waals surface area contributed by atoms with E-state index < -0.39 is 4.92 Å². The van der Waals surface area contributed by atoms with Gasteiger partial charge in [0.15, 0.2) is 0 Å². The highest BCUT2D eigenvalue weighted by Gasteiger charge is 2.25. The normalized spacial score (nSPS) is 11.1. The summed E-state index contributed by atoms with van der Waals surface area (Å²) in [6, 6.07) is 33.9. The van der Waals surface area contributed by atoms with Gasteiger partial charge in [-0.15, -0.1) is 0 Å². The number of nitrogens with zero attached hydrogens (tertiary/aromatic N) is 5. The van der Waals surface area contributed by atoms with Crippen LogP contribution < -0.4 is 10.2 Å². The minimum Gasteiger partial charge on any atom is -0.497 e. The maximum atomic E-state index is 12.8. The Balaban J connectivity index is 1.39. The second kappa shape index (κ2) is 13.2. The SMILES string of the molecule is COc1ccc(-n2c(-c3ccccc3)c(-c3ccccc3)c3c(SCC(=O)N/N=C/c4ccc([N+](=O)[O-])cc4)ncnc32)cc1. The molecule has 2 aromatic heterocycles. The molecule has 4 aromatic carbocycles. The molecule has 10 nitrogen and oxygen atoms in total. The van der Waals surface area contributed by atoms with Crippen LogP contribution in [0.5, 0.6) is 5.75 Å². The summed E-state index contributed by atoms with van der Waals surface area (Å²) in [5.41, 5.74) is 8.61. The number of nitro groups is 1. The molecule has 0 aliphatic carbocycles. The Morgan fingerprint density at radius 2 is 1.60 bits per heavy atom. The van der Waals surface area contributed by atoms with Crippen molar-refractivity contribution in [3.05, 3.63) is 131 Å². The van der Waals surface area contributed by atoms with Gasteiger partial charge < -0.3 is 4.74 Å². The summed E-state index contributed by atoms with van der Waals surface area (Å²) in [5.74, 6) is 0.462. The number of thioether (sulfide) groups is 1. The number of rotatable bonds is 10. The first kappa shape index (κ1) is 29.3. The van der Waals surface area contributed by atoms with E-state index in [9.17, 15) is 14.9 Å². The molecule has 0 aliphatic heterocycles. The average Bonchev–Trinajstić information content (AvgIpc) is 3.44. The first-order chi connectivity index (χ1) is 22.0. The lowest BCUT2D eigenvalue weighted by atomic mass is 9.99. The van der Waals surface area contributed by atoms with Crippen molar-refractivity contribution in [2.75, 3.05) is 12.9 Å². The lowest BCUT2D eigenvalue weighted by molar-refractivity contribution is -0.384. The first-order valence-corrected chi connectivity index (χ1v) is 14.9. The number of hydrogen-bond donors (Lipinski definition) is 1. The fourth-order valence-electron chi connectivity index (χ4n) is 4.96. The van der Waals surface area contributed by atoms with Crippen molar-refractivity contribution in [3.63, 3.8) is 0 Å². The van der Waals surface area contributed by atoms with Crippen molar-refractivity contribution in [2.45, 2.75) is 5.03 Å². The Bertz CT molecular complexity index is 2000. The molecular weight excluding hydrogens is 588 g/mol. The maximum absolute atomic E-state index is 12.8. The lowest BCUT2D eigenvalue weighted by Gasteiger charge is -2.13. The molecule has 1 amide bonds. The number of benzene rings is 4. The molecule has 0 unspecified atom stereocenters. The van der Waals surface area contributed by atoms with Gasteiger partial charge in [0.2, 0.25) is 5.91 Å². The average molecular weight is 615 g/mol. The van der Waals surface area contributed by atoms with E-state index in [2.05, 4.69) is 44.3 Å². The van der Waals surface area contributed by atoms with Crippen molar-refractivity contribution in [3.8, 4) is 33.8 Å². The van der Waals surface area contributed by atoms with E-state index in [1.54, 1.807) is 19.2 Å². The molecule has 0 saturated heterocycles. The summed E-state index contributed by atoms with van der Waals surface area (Å²) in [4.78, 5) is 32.6. The Labute approximate surface area is 262 Å². The number of hydrogen-bond acceptors (Lipinski definition) is 8. The van der Waals surface area contributed by atoms with E-state index in [0.717, 1.165) is 39.2 Å².